The molecule has 0 heterocycles. The largest absolute Gasteiger partial charge is 0.507 e. The molecule has 0 radical (unpaired) electrons. The molecule has 0 amide bonds. The maximum atomic E-state index is 9.83. The van der Waals surface area contributed by atoms with Gasteiger partial charge in [0.25, 0.3) is 0 Å². The fourth-order valence-corrected chi connectivity index (χ4v) is 1.49. The Morgan fingerprint density at radius 1 is 1.38 bits per heavy atom. The van der Waals surface area contributed by atoms with E-state index in [0.717, 1.165) is 11.1 Å². The zero-order valence-corrected chi connectivity index (χ0v) is 9.86. The van der Waals surface area contributed by atoms with Crippen LogP contribution in [0, 0.1) is 6.92 Å². The van der Waals surface area contributed by atoms with E-state index in [1.807, 2.05) is 32.9 Å². The number of phenols is 1. The molecule has 0 saturated carbocycles. The van der Waals surface area contributed by atoms with Crippen LogP contribution in [-0.4, -0.2) is 17.5 Å². The van der Waals surface area contributed by atoms with E-state index in [9.17, 15) is 5.11 Å². The van der Waals surface area contributed by atoms with E-state index in [0.29, 0.717) is 11.3 Å². The summed E-state index contributed by atoms with van der Waals surface area (Å²) in [6.45, 7) is 9.20. The van der Waals surface area contributed by atoms with E-state index < -0.39 is 0 Å². The van der Waals surface area contributed by atoms with Crippen LogP contribution in [0.4, 0.5) is 0 Å². The first-order valence-electron chi connectivity index (χ1n) is 5.03. The lowest BCUT2D eigenvalue weighted by Crippen LogP contribution is -2.00. The Bertz CT molecular complexity index is 435. The van der Waals surface area contributed by atoms with E-state index in [1.165, 1.54) is 0 Å². The average Bonchev–Trinajstić information content (AvgIpc) is 2.16. The van der Waals surface area contributed by atoms with Crippen molar-refractivity contribution in [3.63, 3.8) is 0 Å². The van der Waals surface area contributed by atoms with Gasteiger partial charge in [-0.1, -0.05) is 17.7 Å². The Labute approximate surface area is 95.9 Å². The van der Waals surface area contributed by atoms with Gasteiger partial charge in [0.2, 0.25) is 0 Å². The monoisotopic (exact) mass is 216 g/mol. The molecule has 1 N–H and O–H groups in total. The summed E-state index contributed by atoms with van der Waals surface area (Å²) in [7, 11) is 0. The number of rotatable bonds is 3. The Morgan fingerprint density at radius 3 is 2.56 bits per heavy atom. The summed E-state index contributed by atoms with van der Waals surface area (Å²) in [5, 5.41) is 17.3. The van der Waals surface area contributed by atoms with E-state index in [-0.39, 0.29) is 5.75 Å². The number of hydrogen-bond acceptors (Lipinski definition) is 3. The number of allylic oxidation sites excluding steroid dienone is 2. The average molecular weight is 216 g/mol. The molecule has 0 aliphatic rings. The molecule has 0 atom stereocenters. The molecule has 1 aromatic rings. The third-order valence-electron chi connectivity index (χ3n) is 2.11. The third-order valence-corrected chi connectivity index (χ3v) is 2.11. The summed E-state index contributed by atoms with van der Waals surface area (Å²) in [6.07, 6.45) is 1.87. The molecule has 0 aromatic heterocycles. The third kappa shape index (κ3) is 2.79. The standard InChI is InChI=1S/C13H16N2O/c1-9(2)8-11(15-14-4)13-10(3)6-5-7-12(13)16/h5-8,16H,4H2,1-3H3/b15-11+. The summed E-state index contributed by atoms with van der Waals surface area (Å²) >= 11 is 0. The van der Waals surface area contributed by atoms with Gasteiger partial charge in [0, 0.05) is 12.3 Å². The summed E-state index contributed by atoms with van der Waals surface area (Å²) in [4.78, 5) is 0. The molecule has 1 rings (SSSR count). The van der Waals surface area contributed by atoms with Crippen LogP contribution in [0.2, 0.25) is 0 Å². The number of aromatic hydroxyl groups is 1. The van der Waals surface area contributed by atoms with Gasteiger partial charge in [-0.3, -0.25) is 0 Å². The molecule has 3 heteroatoms. The maximum absolute atomic E-state index is 9.83. The second-order valence-corrected chi connectivity index (χ2v) is 3.82. The Balaban J connectivity index is 3.38. The van der Waals surface area contributed by atoms with Gasteiger partial charge in [0.1, 0.15) is 5.75 Å². The first-order valence-corrected chi connectivity index (χ1v) is 5.03. The molecule has 0 spiro atoms. The van der Waals surface area contributed by atoms with Gasteiger partial charge < -0.3 is 5.11 Å². The molecular weight excluding hydrogens is 200 g/mol. The van der Waals surface area contributed by atoms with Crippen molar-refractivity contribution in [3.8, 4) is 5.75 Å². The topological polar surface area (TPSA) is 45.0 Å². The van der Waals surface area contributed by atoms with Crippen molar-refractivity contribution < 1.29 is 5.11 Å². The van der Waals surface area contributed by atoms with Crippen LogP contribution in [0.25, 0.3) is 0 Å². The van der Waals surface area contributed by atoms with Crippen LogP contribution < -0.4 is 0 Å². The molecule has 16 heavy (non-hydrogen) atoms. The SMILES string of the molecule is C=N/N=C(\C=C(C)C)c1c(C)cccc1O. The van der Waals surface area contributed by atoms with Gasteiger partial charge in [0.15, 0.2) is 0 Å². The highest BCUT2D eigenvalue weighted by molar-refractivity contribution is 6.11. The number of aryl methyl sites for hydroxylation is 1. The Morgan fingerprint density at radius 2 is 2.06 bits per heavy atom. The second kappa shape index (κ2) is 5.26. The quantitative estimate of drug-likeness (QED) is 0.612. The summed E-state index contributed by atoms with van der Waals surface area (Å²) in [6, 6.07) is 5.36. The molecule has 0 aliphatic heterocycles. The minimum atomic E-state index is 0.208. The predicted octanol–water partition coefficient (Wildman–Crippen LogP) is 3.07. The second-order valence-electron chi connectivity index (χ2n) is 3.82. The summed E-state index contributed by atoms with van der Waals surface area (Å²) < 4.78 is 0. The van der Waals surface area contributed by atoms with Crippen LogP contribution in [0.5, 0.6) is 5.75 Å². The van der Waals surface area contributed by atoms with Crippen molar-refractivity contribution in [3.05, 3.63) is 41.0 Å². The molecule has 0 saturated heterocycles. The number of nitrogens with zero attached hydrogens (tertiary/aromatic N) is 2. The van der Waals surface area contributed by atoms with Crippen molar-refractivity contribution >= 4 is 12.4 Å². The number of benzene rings is 1. The van der Waals surface area contributed by atoms with Crippen LogP contribution in [0.1, 0.15) is 25.0 Å². The minimum absolute atomic E-state index is 0.208. The molecule has 0 unspecified atom stereocenters. The predicted molar refractivity (Wildman–Crippen MR) is 68.4 cm³/mol. The van der Waals surface area contributed by atoms with Crippen molar-refractivity contribution in [1.29, 1.82) is 0 Å². The van der Waals surface area contributed by atoms with Crippen LogP contribution in [-0.2, 0) is 0 Å². The Kier molecular flexibility index (Phi) is 4.00. The number of hydrogen-bond donors (Lipinski definition) is 1. The molecule has 0 bridgehead atoms. The normalized spacial score (nSPS) is 11.1. The van der Waals surface area contributed by atoms with Gasteiger partial charge in [-0.15, -0.1) is 0 Å². The lowest BCUT2D eigenvalue weighted by molar-refractivity contribution is 0.474. The van der Waals surface area contributed by atoms with Crippen molar-refractivity contribution in [2.45, 2.75) is 20.8 Å². The molecule has 0 fully saturated rings. The minimum Gasteiger partial charge on any atom is -0.507 e. The van der Waals surface area contributed by atoms with Crippen molar-refractivity contribution in [1.82, 2.24) is 0 Å². The van der Waals surface area contributed by atoms with Crippen LogP contribution >= 0.6 is 0 Å². The maximum Gasteiger partial charge on any atom is 0.125 e. The first kappa shape index (κ1) is 12.2. The van der Waals surface area contributed by atoms with Gasteiger partial charge in [-0.25, -0.2) is 0 Å². The highest BCUT2D eigenvalue weighted by atomic mass is 16.3. The summed E-state index contributed by atoms with van der Waals surface area (Å²) in [5.74, 6) is 0.208. The van der Waals surface area contributed by atoms with E-state index in [1.54, 1.807) is 12.1 Å². The van der Waals surface area contributed by atoms with E-state index in [2.05, 4.69) is 16.9 Å². The van der Waals surface area contributed by atoms with Gasteiger partial charge >= 0.3 is 0 Å². The van der Waals surface area contributed by atoms with Gasteiger partial charge in [0.05, 0.1) is 5.71 Å². The van der Waals surface area contributed by atoms with Crippen LogP contribution in [0.3, 0.4) is 0 Å². The van der Waals surface area contributed by atoms with Crippen molar-refractivity contribution in [2.24, 2.45) is 10.2 Å². The zero-order valence-electron chi connectivity index (χ0n) is 9.86. The molecule has 3 nitrogen and oxygen atoms in total. The summed E-state index contributed by atoms with van der Waals surface area (Å²) in [5.41, 5.74) is 3.38. The number of phenolic OH excluding ortho intramolecular Hbond substituents is 1. The molecule has 84 valence electrons. The molecular formula is C13H16N2O. The highest BCUT2D eigenvalue weighted by Gasteiger charge is 2.09. The first-order chi connectivity index (χ1) is 7.56. The lowest BCUT2D eigenvalue weighted by Gasteiger charge is -2.07. The Hall–Kier alpha value is -1.90. The fraction of sp³-hybridized carbons (Fsp3) is 0.231. The van der Waals surface area contributed by atoms with Crippen molar-refractivity contribution in [2.75, 3.05) is 0 Å². The van der Waals surface area contributed by atoms with Gasteiger partial charge in [-0.05, 0) is 38.5 Å². The lowest BCUT2D eigenvalue weighted by atomic mass is 10.0. The van der Waals surface area contributed by atoms with E-state index in [4.69, 9.17) is 0 Å². The van der Waals surface area contributed by atoms with Gasteiger partial charge in [-0.2, -0.15) is 10.2 Å². The smallest absolute Gasteiger partial charge is 0.125 e. The zero-order chi connectivity index (χ0) is 12.1. The fourth-order valence-electron chi connectivity index (χ4n) is 1.49. The molecule has 0 aliphatic carbocycles. The molecule has 1 aromatic carbocycles. The highest BCUT2D eigenvalue weighted by Crippen LogP contribution is 2.22. The van der Waals surface area contributed by atoms with Crippen LogP contribution in [0.15, 0.2) is 40.1 Å². The van der Waals surface area contributed by atoms with E-state index >= 15 is 0 Å².